The molecule has 9 heteroatoms. The van der Waals surface area contributed by atoms with E-state index in [4.69, 9.17) is 4.84 Å². The van der Waals surface area contributed by atoms with Crippen molar-refractivity contribution in [3.05, 3.63) is 65.9 Å². The maximum absolute atomic E-state index is 12.8. The third-order valence-corrected chi connectivity index (χ3v) is 7.41. The van der Waals surface area contributed by atoms with Crippen molar-refractivity contribution in [1.82, 2.24) is 14.5 Å². The van der Waals surface area contributed by atoms with Gasteiger partial charge in [-0.1, -0.05) is 44.2 Å². The van der Waals surface area contributed by atoms with Crippen LogP contribution in [0.1, 0.15) is 30.9 Å². The van der Waals surface area contributed by atoms with E-state index in [-0.39, 0.29) is 29.7 Å². The molecule has 0 radical (unpaired) electrons. The van der Waals surface area contributed by atoms with Gasteiger partial charge < -0.3 is 9.74 Å². The zero-order valence-corrected chi connectivity index (χ0v) is 21.8. The molecule has 6 nitrogen and oxygen atoms in total. The van der Waals surface area contributed by atoms with Crippen LogP contribution in [0.2, 0.25) is 0 Å². The molecule has 1 aromatic heterocycles. The number of aromatic nitrogens is 1. The predicted octanol–water partition coefficient (Wildman–Crippen LogP) is 4.22. The fourth-order valence-electron chi connectivity index (χ4n) is 3.95. The molecule has 2 aromatic carbocycles. The van der Waals surface area contributed by atoms with E-state index in [1.54, 1.807) is 16.9 Å². The quantitative estimate of drug-likeness (QED) is 0.473. The smallest absolute Gasteiger partial charge is 0.219 e. The molecule has 1 aliphatic heterocycles. The van der Waals surface area contributed by atoms with Crippen molar-refractivity contribution in [2.75, 3.05) is 39.2 Å². The fraction of sp³-hybridized carbons (Fsp3) is 0.417. The summed E-state index contributed by atoms with van der Waals surface area (Å²) in [5.41, 5.74) is 3.15. The lowest BCUT2D eigenvalue weighted by Crippen LogP contribution is -2.43. The molecule has 182 valence electrons. The second-order valence-electron chi connectivity index (χ2n) is 8.66. The Balaban J connectivity index is 0.00000193. The third-order valence-electron chi connectivity index (χ3n) is 6.00. The number of halogens is 2. The monoisotopic (exact) mass is 513 g/mol. The fourth-order valence-corrected chi connectivity index (χ4v) is 4.89. The number of likely N-dealkylation sites (N-methyl/N-ethyl adjacent to an activating group) is 1. The van der Waals surface area contributed by atoms with Crippen molar-refractivity contribution in [3.63, 3.8) is 0 Å². The number of fused-ring (bicyclic) bond motifs is 1. The first-order valence-electron chi connectivity index (χ1n) is 10.8. The van der Waals surface area contributed by atoms with Gasteiger partial charge in [-0.05, 0) is 42.3 Å². The standard InChI is InChI=1S/C24H31N3O3S.2ClH/c1-19(2)20-8-10-22(11-9-20)31(28,29)18-30-27-17-21(23-6-4-5-7-24(23)27)16-26-14-12-25(3)13-15-26;;/h4-11,17,19H,12-16,18H2,1-3H3;2*1H. The number of sulfone groups is 1. The number of nitrogens with zero attached hydrogens (tertiary/aromatic N) is 3. The molecule has 0 amide bonds. The summed E-state index contributed by atoms with van der Waals surface area (Å²) in [6, 6.07) is 15.1. The molecule has 0 saturated carbocycles. The van der Waals surface area contributed by atoms with Gasteiger partial charge in [0.15, 0.2) is 0 Å². The minimum atomic E-state index is -3.55. The first-order chi connectivity index (χ1) is 14.8. The van der Waals surface area contributed by atoms with Crippen LogP contribution in [0, 0.1) is 0 Å². The maximum Gasteiger partial charge on any atom is 0.219 e. The summed E-state index contributed by atoms with van der Waals surface area (Å²) >= 11 is 0. The Hall–Kier alpha value is -1.77. The molecule has 0 bridgehead atoms. The summed E-state index contributed by atoms with van der Waals surface area (Å²) in [7, 11) is -1.41. The number of para-hydroxylation sites is 1. The number of benzene rings is 2. The molecule has 4 rings (SSSR count). The Morgan fingerprint density at radius 3 is 2.21 bits per heavy atom. The average molecular weight is 515 g/mol. The summed E-state index contributed by atoms with van der Waals surface area (Å²) in [5, 5.41) is 1.10. The number of rotatable bonds is 7. The van der Waals surface area contributed by atoms with Gasteiger partial charge in [0, 0.05) is 44.3 Å². The van der Waals surface area contributed by atoms with Crippen molar-refractivity contribution in [3.8, 4) is 0 Å². The minimum absolute atomic E-state index is 0. The molecule has 33 heavy (non-hydrogen) atoms. The highest BCUT2D eigenvalue weighted by Gasteiger charge is 2.19. The van der Waals surface area contributed by atoms with Crippen LogP contribution in [0.15, 0.2) is 59.6 Å². The number of piperazine rings is 1. The molecule has 0 atom stereocenters. The Morgan fingerprint density at radius 2 is 1.58 bits per heavy atom. The Bertz CT molecular complexity index is 1140. The van der Waals surface area contributed by atoms with E-state index in [1.165, 1.54) is 0 Å². The van der Waals surface area contributed by atoms with Crippen molar-refractivity contribution in [1.29, 1.82) is 0 Å². The molecular formula is C24H33Cl2N3O3S. The van der Waals surface area contributed by atoms with E-state index in [0.29, 0.717) is 5.92 Å². The van der Waals surface area contributed by atoms with Crippen LogP contribution in [0.25, 0.3) is 10.9 Å². The Labute approximate surface area is 209 Å². The molecule has 3 aromatic rings. The number of hydrogen-bond donors (Lipinski definition) is 0. The van der Waals surface area contributed by atoms with Crippen molar-refractivity contribution in [2.45, 2.75) is 31.2 Å². The largest absolute Gasteiger partial charge is 0.397 e. The first kappa shape index (κ1) is 27.5. The van der Waals surface area contributed by atoms with Gasteiger partial charge in [-0.3, -0.25) is 4.90 Å². The summed E-state index contributed by atoms with van der Waals surface area (Å²) in [6.45, 7) is 9.17. The molecule has 0 N–H and O–H groups in total. The van der Waals surface area contributed by atoms with Gasteiger partial charge in [-0.25, -0.2) is 8.42 Å². The highest BCUT2D eigenvalue weighted by atomic mass is 35.5. The van der Waals surface area contributed by atoms with E-state index in [1.807, 2.05) is 36.5 Å². The van der Waals surface area contributed by atoms with Crippen LogP contribution in [-0.2, 0) is 16.4 Å². The molecule has 1 saturated heterocycles. The average Bonchev–Trinajstić information content (AvgIpc) is 3.12. The highest BCUT2D eigenvalue weighted by molar-refractivity contribution is 7.91. The lowest BCUT2D eigenvalue weighted by molar-refractivity contribution is 0.145. The van der Waals surface area contributed by atoms with Gasteiger partial charge in [0.25, 0.3) is 0 Å². The lowest BCUT2D eigenvalue weighted by Gasteiger charge is -2.32. The first-order valence-corrected chi connectivity index (χ1v) is 12.4. The molecule has 1 aliphatic rings. The molecule has 0 aliphatic carbocycles. The molecule has 1 fully saturated rings. The summed E-state index contributed by atoms with van der Waals surface area (Å²) < 4.78 is 27.3. The molecular weight excluding hydrogens is 481 g/mol. The van der Waals surface area contributed by atoms with Crippen LogP contribution in [0.3, 0.4) is 0 Å². The second-order valence-corrected chi connectivity index (χ2v) is 10.6. The Kier molecular flexibility index (Phi) is 9.64. The van der Waals surface area contributed by atoms with Gasteiger partial charge in [-0.2, -0.15) is 4.73 Å². The van der Waals surface area contributed by atoms with Crippen molar-refractivity contribution in [2.24, 2.45) is 0 Å². The van der Waals surface area contributed by atoms with Crippen LogP contribution in [0.4, 0.5) is 0 Å². The lowest BCUT2D eigenvalue weighted by atomic mass is 10.0. The summed E-state index contributed by atoms with van der Waals surface area (Å²) in [4.78, 5) is 10.9. The van der Waals surface area contributed by atoms with E-state index in [2.05, 4.69) is 36.8 Å². The molecule has 0 unspecified atom stereocenters. The van der Waals surface area contributed by atoms with Crippen LogP contribution < -0.4 is 4.84 Å². The predicted molar refractivity (Wildman–Crippen MR) is 138 cm³/mol. The zero-order chi connectivity index (χ0) is 22.0. The van der Waals surface area contributed by atoms with Gasteiger partial charge >= 0.3 is 0 Å². The second kappa shape index (κ2) is 11.6. The van der Waals surface area contributed by atoms with E-state index < -0.39 is 15.8 Å². The number of hydrogen-bond acceptors (Lipinski definition) is 5. The normalized spacial score (nSPS) is 15.3. The van der Waals surface area contributed by atoms with E-state index in [9.17, 15) is 8.42 Å². The van der Waals surface area contributed by atoms with Crippen molar-refractivity contribution >= 4 is 45.6 Å². The highest BCUT2D eigenvalue weighted by Crippen LogP contribution is 2.23. The Morgan fingerprint density at radius 1 is 0.939 bits per heavy atom. The maximum atomic E-state index is 12.8. The minimum Gasteiger partial charge on any atom is -0.397 e. The van der Waals surface area contributed by atoms with Gasteiger partial charge in [0.05, 0.1) is 10.4 Å². The third kappa shape index (κ3) is 6.43. The van der Waals surface area contributed by atoms with Crippen molar-refractivity contribution < 1.29 is 13.3 Å². The zero-order valence-electron chi connectivity index (χ0n) is 19.3. The van der Waals surface area contributed by atoms with E-state index >= 15 is 0 Å². The van der Waals surface area contributed by atoms with Crippen LogP contribution >= 0.6 is 24.8 Å². The van der Waals surface area contributed by atoms with Gasteiger partial charge in [-0.15, -0.1) is 24.8 Å². The van der Waals surface area contributed by atoms with Crippen LogP contribution in [0.5, 0.6) is 0 Å². The van der Waals surface area contributed by atoms with Gasteiger partial charge in [0.2, 0.25) is 15.8 Å². The molecule has 2 heterocycles. The summed E-state index contributed by atoms with van der Waals surface area (Å²) in [5.74, 6) is -0.0429. The van der Waals surface area contributed by atoms with Crippen LogP contribution in [-0.4, -0.2) is 62.1 Å². The SMILES string of the molecule is CC(C)c1ccc(S(=O)(=O)COn2cc(CN3CCN(C)CC3)c3ccccc32)cc1.Cl.Cl. The van der Waals surface area contributed by atoms with Gasteiger partial charge in [0.1, 0.15) is 0 Å². The summed E-state index contributed by atoms with van der Waals surface area (Å²) in [6.07, 6.45) is 1.93. The van der Waals surface area contributed by atoms with E-state index in [0.717, 1.165) is 54.8 Å². The molecule has 0 spiro atoms. The topological polar surface area (TPSA) is 54.8 Å².